The Morgan fingerprint density at radius 2 is 2.05 bits per heavy atom. The van der Waals surface area contributed by atoms with Crippen LogP contribution in [0.25, 0.3) is 0 Å². The highest BCUT2D eigenvalue weighted by Crippen LogP contribution is 2.15. The molecule has 1 aromatic rings. The summed E-state index contributed by atoms with van der Waals surface area (Å²) in [5, 5.41) is 3.57. The standard InChI is InChI=1S/C18H30N2O/c1-15(2)9-11-21-18-6-4-16(5-7-18)12-19-13-17-8-10-20(3)14-17/h4-7,15,17,19H,8-14H2,1-3H3. The first-order valence-electron chi connectivity index (χ1n) is 8.24. The Morgan fingerprint density at radius 3 is 2.67 bits per heavy atom. The minimum atomic E-state index is 0.697. The van der Waals surface area contributed by atoms with Crippen molar-refractivity contribution in [3.63, 3.8) is 0 Å². The quantitative estimate of drug-likeness (QED) is 0.796. The van der Waals surface area contributed by atoms with E-state index in [0.717, 1.165) is 37.8 Å². The Balaban J connectivity index is 1.65. The van der Waals surface area contributed by atoms with Gasteiger partial charge in [0.1, 0.15) is 5.75 Å². The van der Waals surface area contributed by atoms with E-state index >= 15 is 0 Å². The fraction of sp³-hybridized carbons (Fsp3) is 0.667. The summed E-state index contributed by atoms with van der Waals surface area (Å²) in [6.45, 7) is 9.80. The lowest BCUT2D eigenvalue weighted by molar-refractivity contribution is 0.289. The summed E-state index contributed by atoms with van der Waals surface area (Å²) < 4.78 is 5.74. The Kier molecular flexibility index (Phi) is 6.52. The second-order valence-corrected chi connectivity index (χ2v) is 6.72. The van der Waals surface area contributed by atoms with Gasteiger partial charge in [0.2, 0.25) is 0 Å². The van der Waals surface area contributed by atoms with Gasteiger partial charge in [-0.05, 0) is 62.5 Å². The molecule has 1 atom stereocenters. The van der Waals surface area contributed by atoms with E-state index in [-0.39, 0.29) is 0 Å². The number of ether oxygens (including phenoxy) is 1. The number of nitrogens with zero attached hydrogens (tertiary/aromatic N) is 1. The van der Waals surface area contributed by atoms with Crippen LogP contribution in [-0.4, -0.2) is 38.2 Å². The molecule has 0 amide bonds. The molecule has 0 saturated carbocycles. The van der Waals surface area contributed by atoms with Gasteiger partial charge in [-0.15, -0.1) is 0 Å². The van der Waals surface area contributed by atoms with Crippen molar-refractivity contribution in [2.24, 2.45) is 11.8 Å². The van der Waals surface area contributed by atoms with Crippen LogP contribution in [-0.2, 0) is 6.54 Å². The molecule has 1 saturated heterocycles. The monoisotopic (exact) mass is 290 g/mol. The first kappa shape index (κ1) is 16.3. The number of hydrogen-bond acceptors (Lipinski definition) is 3. The maximum atomic E-state index is 5.74. The van der Waals surface area contributed by atoms with Crippen LogP contribution in [0.15, 0.2) is 24.3 Å². The number of benzene rings is 1. The molecule has 118 valence electrons. The van der Waals surface area contributed by atoms with Crippen molar-refractivity contribution < 1.29 is 4.74 Å². The van der Waals surface area contributed by atoms with E-state index in [2.05, 4.69) is 55.4 Å². The highest BCUT2D eigenvalue weighted by Gasteiger charge is 2.18. The topological polar surface area (TPSA) is 24.5 Å². The maximum Gasteiger partial charge on any atom is 0.119 e. The predicted octanol–water partition coefficient (Wildman–Crippen LogP) is 3.15. The number of likely N-dealkylation sites (tertiary alicyclic amines) is 1. The second kappa shape index (κ2) is 8.40. The molecule has 0 aromatic heterocycles. The molecule has 1 aliphatic rings. The Hall–Kier alpha value is -1.06. The van der Waals surface area contributed by atoms with E-state index in [4.69, 9.17) is 4.74 Å². The molecule has 1 aliphatic heterocycles. The van der Waals surface area contributed by atoms with Crippen LogP contribution in [0.1, 0.15) is 32.3 Å². The van der Waals surface area contributed by atoms with Gasteiger partial charge in [-0.2, -0.15) is 0 Å². The summed E-state index contributed by atoms with van der Waals surface area (Å²) in [5.41, 5.74) is 1.33. The van der Waals surface area contributed by atoms with E-state index in [1.165, 1.54) is 25.1 Å². The van der Waals surface area contributed by atoms with Crippen LogP contribution < -0.4 is 10.1 Å². The molecule has 1 fully saturated rings. The molecule has 1 unspecified atom stereocenters. The summed E-state index contributed by atoms with van der Waals surface area (Å²) in [6.07, 6.45) is 2.44. The molecular formula is C18H30N2O. The predicted molar refractivity (Wildman–Crippen MR) is 88.7 cm³/mol. The van der Waals surface area contributed by atoms with Gasteiger partial charge in [-0.3, -0.25) is 0 Å². The zero-order chi connectivity index (χ0) is 15.1. The van der Waals surface area contributed by atoms with Gasteiger partial charge in [0.25, 0.3) is 0 Å². The van der Waals surface area contributed by atoms with Crippen LogP contribution >= 0.6 is 0 Å². The third-order valence-electron chi connectivity index (χ3n) is 4.14. The summed E-state index contributed by atoms with van der Waals surface area (Å²) in [5.74, 6) is 2.49. The third kappa shape index (κ3) is 6.06. The number of nitrogens with one attached hydrogen (secondary N) is 1. The molecule has 2 rings (SSSR count). The van der Waals surface area contributed by atoms with E-state index in [0.29, 0.717) is 5.92 Å². The largest absolute Gasteiger partial charge is 0.494 e. The van der Waals surface area contributed by atoms with Crippen LogP contribution in [0.4, 0.5) is 0 Å². The van der Waals surface area contributed by atoms with Crippen molar-refractivity contribution in [3.05, 3.63) is 29.8 Å². The molecule has 0 spiro atoms. The van der Waals surface area contributed by atoms with Gasteiger partial charge >= 0.3 is 0 Å². The van der Waals surface area contributed by atoms with Crippen molar-refractivity contribution in [1.29, 1.82) is 0 Å². The zero-order valence-corrected chi connectivity index (χ0v) is 13.8. The number of hydrogen-bond donors (Lipinski definition) is 1. The van der Waals surface area contributed by atoms with E-state index in [9.17, 15) is 0 Å². The minimum absolute atomic E-state index is 0.697. The fourth-order valence-corrected chi connectivity index (χ4v) is 2.73. The Labute approximate surface area is 129 Å². The zero-order valence-electron chi connectivity index (χ0n) is 13.8. The second-order valence-electron chi connectivity index (χ2n) is 6.72. The molecule has 21 heavy (non-hydrogen) atoms. The van der Waals surface area contributed by atoms with Gasteiger partial charge in [0.05, 0.1) is 6.61 Å². The van der Waals surface area contributed by atoms with Crippen molar-refractivity contribution in [2.75, 3.05) is 33.3 Å². The van der Waals surface area contributed by atoms with Crippen LogP contribution in [0.5, 0.6) is 5.75 Å². The molecule has 1 heterocycles. The third-order valence-corrected chi connectivity index (χ3v) is 4.14. The minimum Gasteiger partial charge on any atom is -0.494 e. The van der Waals surface area contributed by atoms with Gasteiger partial charge in [0, 0.05) is 13.1 Å². The summed E-state index contributed by atoms with van der Waals surface area (Å²) in [4.78, 5) is 2.41. The Morgan fingerprint density at radius 1 is 1.29 bits per heavy atom. The van der Waals surface area contributed by atoms with E-state index in [1.807, 2.05) is 0 Å². The smallest absolute Gasteiger partial charge is 0.119 e. The normalized spacial score (nSPS) is 19.3. The first-order chi connectivity index (χ1) is 10.1. The molecule has 0 radical (unpaired) electrons. The Bertz CT molecular complexity index is 402. The molecule has 1 N–H and O–H groups in total. The van der Waals surface area contributed by atoms with Crippen LogP contribution in [0, 0.1) is 11.8 Å². The van der Waals surface area contributed by atoms with Crippen molar-refractivity contribution in [2.45, 2.75) is 33.2 Å². The van der Waals surface area contributed by atoms with Crippen molar-refractivity contribution in [3.8, 4) is 5.75 Å². The average Bonchev–Trinajstić information content (AvgIpc) is 2.86. The van der Waals surface area contributed by atoms with E-state index < -0.39 is 0 Å². The summed E-state index contributed by atoms with van der Waals surface area (Å²) in [6, 6.07) is 8.50. The molecule has 0 aliphatic carbocycles. The van der Waals surface area contributed by atoms with Gasteiger partial charge in [-0.1, -0.05) is 26.0 Å². The van der Waals surface area contributed by atoms with E-state index in [1.54, 1.807) is 0 Å². The maximum absolute atomic E-state index is 5.74. The van der Waals surface area contributed by atoms with Crippen LogP contribution in [0.3, 0.4) is 0 Å². The average molecular weight is 290 g/mol. The summed E-state index contributed by atoms with van der Waals surface area (Å²) >= 11 is 0. The fourth-order valence-electron chi connectivity index (χ4n) is 2.73. The van der Waals surface area contributed by atoms with Crippen molar-refractivity contribution in [1.82, 2.24) is 10.2 Å². The van der Waals surface area contributed by atoms with Gasteiger partial charge in [-0.25, -0.2) is 0 Å². The van der Waals surface area contributed by atoms with Crippen molar-refractivity contribution >= 4 is 0 Å². The molecule has 1 aromatic carbocycles. The molecule has 3 nitrogen and oxygen atoms in total. The highest BCUT2D eigenvalue weighted by atomic mass is 16.5. The lowest BCUT2D eigenvalue weighted by Gasteiger charge is -2.12. The van der Waals surface area contributed by atoms with Crippen LogP contribution in [0.2, 0.25) is 0 Å². The molecule has 0 bridgehead atoms. The summed E-state index contributed by atoms with van der Waals surface area (Å²) in [7, 11) is 2.21. The lowest BCUT2D eigenvalue weighted by atomic mass is 10.1. The molecular weight excluding hydrogens is 260 g/mol. The highest BCUT2D eigenvalue weighted by molar-refractivity contribution is 5.27. The number of rotatable bonds is 8. The first-order valence-corrected chi connectivity index (χ1v) is 8.24. The molecule has 3 heteroatoms. The SMILES string of the molecule is CC(C)CCOc1ccc(CNCC2CCN(C)C2)cc1. The van der Waals surface area contributed by atoms with Gasteiger partial charge in [0.15, 0.2) is 0 Å². The lowest BCUT2D eigenvalue weighted by Crippen LogP contribution is -2.24. The van der Waals surface area contributed by atoms with Gasteiger partial charge < -0.3 is 15.0 Å².